The van der Waals surface area contributed by atoms with Crippen LogP contribution >= 0.6 is 0 Å². The molecule has 110 valence electrons. The summed E-state index contributed by atoms with van der Waals surface area (Å²) in [6.07, 6.45) is 2.74. The molecule has 1 atom stereocenters. The van der Waals surface area contributed by atoms with Crippen molar-refractivity contribution in [2.75, 3.05) is 20.1 Å². The first kappa shape index (κ1) is 16.5. The maximum atomic E-state index is 12.3. The SMILES string of the molecule is CC.CN([C@@H]1CCN(C#N)C1)S(=O)(=O)c1ccccc1. The molecule has 0 unspecified atom stereocenters. The van der Waals surface area contributed by atoms with Gasteiger partial charge in [-0.25, -0.2) is 8.42 Å². The van der Waals surface area contributed by atoms with E-state index in [9.17, 15) is 8.42 Å². The smallest absolute Gasteiger partial charge is 0.243 e. The largest absolute Gasteiger partial charge is 0.309 e. The van der Waals surface area contributed by atoms with Crippen LogP contribution in [0.2, 0.25) is 0 Å². The van der Waals surface area contributed by atoms with Gasteiger partial charge in [0.05, 0.1) is 4.90 Å². The van der Waals surface area contributed by atoms with Crippen LogP contribution in [0.15, 0.2) is 35.2 Å². The van der Waals surface area contributed by atoms with Crippen LogP contribution in [0.1, 0.15) is 20.3 Å². The van der Waals surface area contributed by atoms with E-state index in [2.05, 4.69) is 6.19 Å². The molecule has 1 aromatic carbocycles. The van der Waals surface area contributed by atoms with Gasteiger partial charge in [-0.3, -0.25) is 0 Å². The maximum absolute atomic E-state index is 12.3. The van der Waals surface area contributed by atoms with Crippen molar-refractivity contribution < 1.29 is 8.42 Å². The highest BCUT2D eigenvalue weighted by atomic mass is 32.2. The quantitative estimate of drug-likeness (QED) is 0.799. The molecule has 0 amide bonds. The number of benzene rings is 1. The highest BCUT2D eigenvalue weighted by Gasteiger charge is 2.32. The van der Waals surface area contributed by atoms with Gasteiger partial charge in [0.1, 0.15) is 0 Å². The Bertz CT molecular complexity index is 552. The zero-order valence-electron chi connectivity index (χ0n) is 12.2. The van der Waals surface area contributed by atoms with E-state index in [1.165, 1.54) is 4.31 Å². The summed E-state index contributed by atoms with van der Waals surface area (Å²) in [5.74, 6) is 0. The van der Waals surface area contributed by atoms with Crippen molar-refractivity contribution in [3.05, 3.63) is 30.3 Å². The fraction of sp³-hybridized carbons (Fsp3) is 0.500. The lowest BCUT2D eigenvalue weighted by Crippen LogP contribution is -2.38. The molecule has 1 aliphatic heterocycles. The monoisotopic (exact) mass is 295 g/mol. The van der Waals surface area contributed by atoms with Crippen LogP contribution in [-0.2, 0) is 10.0 Å². The fourth-order valence-corrected chi connectivity index (χ4v) is 3.48. The Hall–Kier alpha value is -1.58. The molecule has 1 aliphatic rings. The Morgan fingerprint density at radius 2 is 1.90 bits per heavy atom. The Kier molecular flexibility index (Phi) is 5.99. The molecule has 0 saturated carbocycles. The molecule has 0 N–H and O–H groups in total. The van der Waals surface area contributed by atoms with Crippen LogP contribution in [-0.4, -0.2) is 43.8 Å². The molecule has 5 nitrogen and oxygen atoms in total. The van der Waals surface area contributed by atoms with E-state index in [4.69, 9.17) is 5.26 Å². The number of sulfonamides is 1. The number of hydrogen-bond donors (Lipinski definition) is 0. The lowest BCUT2D eigenvalue weighted by Gasteiger charge is -2.23. The Morgan fingerprint density at radius 3 is 2.40 bits per heavy atom. The van der Waals surface area contributed by atoms with Gasteiger partial charge in [-0.2, -0.15) is 9.57 Å². The van der Waals surface area contributed by atoms with Crippen molar-refractivity contribution in [1.29, 1.82) is 5.26 Å². The first-order valence-corrected chi connectivity index (χ1v) is 8.17. The summed E-state index contributed by atoms with van der Waals surface area (Å²) in [4.78, 5) is 1.88. The van der Waals surface area contributed by atoms with Crippen molar-refractivity contribution in [3.8, 4) is 6.19 Å². The van der Waals surface area contributed by atoms with Crippen LogP contribution in [0.5, 0.6) is 0 Å². The first-order chi connectivity index (χ1) is 9.55. The van der Waals surface area contributed by atoms with Crippen LogP contribution in [0.4, 0.5) is 0 Å². The number of nitrogens with zero attached hydrogens (tertiary/aromatic N) is 3. The second-order valence-corrected chi connectivity index (χ2v) is 6.32. The molecule has 0 aromatic heterocycles. The molecule has 0 spiro atoms. The zero-order chi connectivity index (χ0) is 15.2. The van der Waals surface area contributed by atoms with Gasteiger partial charge in [0.25, 0.3) is 0 Å². The van der Waals surface area contributed by atoms with Gasteiger partial charge < -0.3 is 4.90 Å². The van der Waals surface area contributed by atoms with Gasteiger partial charge >= 0.3 is 0 Å². The van der Waals surface area contributed by atoms with Crippen molar-refractivity contribution >= 4 is 10.0 Å². The predicted octanol–water partition coefficient (Wildman–Crippen LogP) is 1.89. The van der Waals surface area contributed by atoms with Crippen LogP contribution < -0.4 is 0 Å². The summed E-state index contributed by atoms with van der Waals surface area (Å²) < 4.78 is 26.1. The molecule has 0 bridgehead atoms. The van der Waals surface area contributed by atoms with E-state index >= 15 is 0 Å². The fourth-order valence-electron chi connectivity index (χ4n) is 2.08. The standard InChI is InChI=1S/C12H15N3O2S.C2H6/c1-14(11-7-8-15(9-11)10-13)18(16,17)12-5-3-2-4-6-12;1-2/h2-6,11H,7-9H2,1H3;1-2H3/t11-;/m1./s1. The average Bonchev–Trinajstić information content (AvgIpc) is 2.98. The molecular weight excluding hydrogens is 274 g/mol. The molecule has 0 aliphatic carbocycles. The Labute approximate surface area is 121 Å². The topological polar surface area (TPSA) is 64.4 Å². The minimum Gasteiger partial charge on any atom is -0.309 e. The third-order valence-corrected chi connectivity index (χ3v) is 5.16. The minimum absolute atomic E-state index is 0.130. The lowest BCUT2D eigenvalue weighted by molar-refractivity contribution is 0.365. The van der Waals surface area contributed by atoms with Crippen LogP contribution in [0.25, 0.3) is 0 Å². The molecule has 0 radical (unpaired) electrons. The molecule has 20 heavy (non-hydrogen) atoms. The molecule has 1 saturated heterocycles. The second-order valence-electron chi connectivity index (χ2n) is 4.32. The molecule has 2 rings (SSSR count). The molecule has 6 heteroatoms. The zero-order valence-corrected chi connectivity index (χ0v) is 13.0. The lowest BCUT2D eigenvalue weighted by atomic mass is 10.3. The number of nitriles is 1. The molecule has 1 fully saturated rings. The summed E-state index contributed by atoms with van der Waals surface area (Å²) in [7, 11) is -1.88. The Morgan fingerprint density at radius 1 is 1.30 bits per heavy atom. The highest BCUT2D eigenvalue weighted by Crippen LogP contribution is 2.21. The second kappa shape index (κ2) is 7.27. The van der Waals surface area contributed by atoms with E-state index in [0.717, 1.165) is 0 Å². The molecule has 1 aromatic rings. The van der Waals surface area contributed by atoms with Gasteiger partial charge in [0.15, 0.2) is 6.19 Å². The predicted molar refractivity (Wildman–Crippen MR) is 78.3 cm³/mol. The summed E-state index contributed by atoms with van der Waals surface area (Å²) in [5.41, 5.74) is 0. The maximum Gasteiger partial charge on any atom is 0.243 e. The normalized spacial score (nSPS) is 18.4. The minimum atomic E-state index is -3.46. The number of likely N-dealkylation sites (tertiary alicyclic amines) is 1. The molecular formula is C14H21N3O2S. The summed E-state index contributed by atoms with van der Waals surface area (Å²) in [6.45, 7) is 5.09. The number of rotatable bonds is 3. The van der Waals surface area contributed by atoms with Crippen molar-refractivity contribution in [1.82, 2.24) is 9.21 Å². The van der Waals surface area contributed by atoms with E-state index in [1.807, 2.05) is 13.8 Å². The molecule has 1 heterocycles. The summed E-state index contributed by atoms with van der Waals surface area (Å²) in [6, 6.07) is 8.24. The van der Waals surface area contributed by atoms with E-state index in [-0.39, 0.29) is 6.04 Å². The van der Waals surface area contributed by atoms with Crippen molar-refractivity contribution in [2.24, 2.45) is 0 Å². The summed E-state index contributed by atoms with van der Waals surface area (Å²) in [5, 5.41) is 8.79. The third-order valence-electron chi connectivity index (χ3n) is 3.24. The van der Waals surface area contributed by atoms with Gasteiger partial charge in [-0.05, 0) is 18.6 Å². The number of hydrogen-bond acceptors (Lipinski definition) is 4. The van der Waals surface area contributed by atoms with Crippen molar-refractivity contribution in [2.45, 2.75) is 31.2 Å². The Balaban J connectivity index is 0.000000956. The van der Waals surface area contributed by atoms with E-state index in [0.29, 0.717) is 24.4 Å². The van der Waals surface area contributed by atoms with E-state index < -0.39 is 10.0 Å². The van der Waals surface area contributed by atoms with Gasteiger partial charge in [0.2, 0.25) is 10.0 Å². The summed E-state index contributed by atoms with van der Waals surface area (Å²) >= 11 is 0. The van der Waals surface area contributed by atoms with Gasteiger partial charge in [0, 0.05) is 26.2 Å². The van der Waals surface area contributed by atoms with Gasteiger partial charge in [-0.15, -0.1) is 0 Å². The van der Waals surface area contributed by atoms with E-state index in [1.54, 1.807) is 42.3 Å². The first-order valence-electron chi connectivity index (χ1n) is 6.73. The van der Waals surface area contributed by atoms with Crippen LogP contribution in [0.3, 0.4) is 0 Å². The third kappa shape index (κ3) is 3.50. The number of likely N-dealkylation sites (N-methyl/N-ethyl adjacent to an activating group) is 1. The van der Waals surface area contributed by atoms with Crippen molar-refractivity contribution in [3.63, 3.8) is 0 Å². The van der Waals surface area contributed by atoms with Gasteiger partial charge in [-0.1, -0.05) is 32.0 Å². The average molecular weight is 295 g/mol. The highest BCUT2D eigenvalue weighted by molar-refractivity contribution is 7.89. The van der Waals surface area contributed by atoms with Crippen LogP contribution in [0, 0.1) is 11.5 Å².